The largest absolute Gasteiger partial charge is 0.377 e. The molecule has 12 heavy (non-hydrogen) atoms. The van der Waals surface area contributed by atoms with Crippen LogP contribution >= 0.6 is 0 Å². The molecule has 0 bridgehead atoms. The lowest BCUT2D eigenvalue weighted by Gasteiger charge is -2.19. The van der Waals surface area contributed by atoms with E-state index in [-0.39, 0.29) is 12.1 Å². The number of hydrogen-bond donors (Lipinski definition) is 1. The molecule has 0 aromatic rings. The molecule has 0 amide bonds. The van der Waals surface area contributed by atoms with Gasteiger partial charge in [0.25, 0.3) is 0 Å². The third-order valence-corrected chi connectivity index (χ3v) is 2.64. The number of rotatable bonds is 6. The summed E-state index contributed by atoms with van der Waals surface area (Å²) in [5.74, 6) is 0.991. The van der Waals surface area contributed by atoms with Crippen LogP contribution in [0.1, 0.15) is 39.5 Å². The van der Waals surface area contributed by atoms with Crippen LogP contribution in [0.15, 0.2) is 0 Å². The molecule has 2 heteroatoms. The molecule has 2 unspecified atom stereocenters. The van der Waals surface area contributed by atoms with Gasteiger partial charge in [0.05, 0.1) is 6.10 Å². The summed E-state index contributed by atoms with van der Waals surface area (Å²) in [6, 6.07) is 0.241. The van der Waals surface area contributed by atoms with Crippen molar-refractivity contribution in [2.24, 2.45) is 11.7 Å². The molecule has 2 nitrogen and oxygen atoms in total. The predicted molar refractivity (Wildman–Crippen MR) is 51.0 cm³/mol. The second-order valence-corrected chi connectivity index (χ2v) is 3.85. The second-order valence-electron chi connectivity index (χ2n) is 3.85. The van der Waals surface area contributed by atoms with E-state index in [1.807, 2.05) is 6.92 Å². The fourth-order valence-electron chi connectivity index (χ4n) is 1.46. The van der Waals surface area contributed by atoms with Gasteiger partial charge in [-0.2, -0.15) is 0 Å². The Bertz CT molecular complexity index is 123. The van der Waals surface area contributed by atoms with Crippen molar-refractivity contribution in [2.45, 2.75) is 51.7 Å². The van der Waals surface area contributed by atoms with Crippen molar-refractivity contribution in [1.29, 1.82) is 0 Å². The normalized spacial score (nSPS) is 22.2. The average Bonchev–Trinajstić information content (AvgIpc) is 2.83. The summed E-state index contributed by atoms with van der Waals surface area (Å²) in [4.78, 5) is 0. The smallest absolute Gasteiger partial charge is 0.0697 e. The maximum Gasteiger partial charge on any atom is 0.0697 e. The Morgan fingerprint density at radius 2 is 2.17 bits per heavy atom. The maximum atomic E-state index is 5.95. The molecule has 1 fully saturated rings. The molecule has 1 aliphatic rings. The Kier molecular flexibility index (Phi) is 4.02. The van der Waals surface area contributed by atoms with Gasteiger partial charge in [-0.1, -0.05) is 12.8 Å². The van der Waals surface area contributed by atoms with Crippen LogP contribution in [0.3, 0.4) is 0 Å². The Morgan fingerprint density at radius 3 is 2.67 bits per heavy atom. The quantitative estimate of drug-likeness (QED) is 0.662. The molecule has 0 aromatic carbocycles. The molecule has 0 heterocycles. The Labute approximate surface area is 75.5 Å². The van der Waals surface area contributed by atoms with Gasteiger partial charge in [-0.3, -0.25) is 0 Å². The van der Waals surface area contributed by atoms with Gasteiger partial charge in [0.2, 0.25) is 0 Å². The van der Waals surface area contributed by atoms with Gasteiger partial charge in [-0.15, -0.1) is 0 Å². The maximum absolute atomic E-state index is 5.95. The second kappa shape index (κ2) is 4.83. The highest BCUT2D eigenvalue weighted by Gasteiger charge is 2.23. The lowest BCUT2D eigenvalue weighted by Crippen LogP contribution is -2.34. The van der Waals surface area contributed by atoms with Crippen molar-refractivity contribution >= 4 is 0 Å². The zero-order chi connectivity index (χ0) is 8.97. The Morgan fingerprint density at radius 1 is 1.50 bits per heavy atom. The molecular weight excluding hydrogens is 150 g/mol. The molecule has 1 rings (SSSR count). The van der Waals surface area contributed by atoms with Crippen LogP contribution in [0.2, 0.25) is 0 Å². The van der Waals surface area contributed by atoms with Crippen molar-refractivity contribution in [3.8, 4) is 0 Å². The van der Waals surface area contributed by atoms with Crippen LogP contribution in [-0.4, -0.2) is 18.8 Å². The molecule has 0 aliphatic heterocycles. The molecule has 0 radical (unpaired) electrons. The summed E-state index contributed by atoms with van der Waals surface area (Å²) in [5.41, 5.74) is 5.95. The van der Waals surface area contributed by atoms with Crippen LogP contribution in [0.4, 0.5) is 0 Å². The van der Waals surface area contributed by atoms with E-state index in [9.17, 15) is 0 Å². The Balaban J connectivity index is 2.03. The molecule has 2 N–H and O–H groups in total. The third-order valence-electron chi connectivity index (χ3n) is 2.64. The van der Waals surface area contributed by atoms with Crippen LogP contribution in [-0.2, 0) is 4.74 Å². The van der Waals surface area contributed by atoms with Crippen LogP contribution in [0.25, 0.3) is 0 Å². The summed E-state index contributed by atoms with van der Waals surface area (Å²) in [5, 5.41) is 0. The van der Waals surface area contributed by atoms with E-state index < -0.39 is 0 Å². The third kappa shape index (κ3) is 3.55. The molecule has 0 spiro atoms. The fourth-order valence-corrected chi connectivity index (χ4v) is 1.46. The van der Waals surface area contributed by atoms with E-state index in [2.05, 4.69) is 6.92 Å². The van der Waals surface area contributed by atoms with Gasteiger partial charge in [0, 0.05) is 12.6 Å². The van der Waals surface area contributed by atoms with Crippen molar-refractivity contribution in [2.75, 3.05) is 6.61 Å². The predicted octanol–water partition coefficient (Wildman–Crippen LogP) is 1.93. The number of nitrogens with two attached hydrogens (primary N) is 1. The lowest BCUT2D eigenvalue weighted by atomic mass is 10.1. The highest BCUT2D eigenvalue weighted by molar-refractivity contribution is 4.77. The number of ether oxygens (including phenoxy) is 1. The highest BCUT2D eigenvalue weighted by Crippen LogP contribution is 2.33. The molecular formula is C10H21NO. The fraction of sp³-hybridized carbons (Fsp3) is 1.00. The standard InChI is InChI=1S/C10H21NO/c1-3-12-8(2)10(11)7-6-9-4-5-9/h8-10H,3-7,11H2,1-2H3. The molecule has 2 atom stereocenters. The molecule has 0 saturated heterocycles. The van der Waals surface area contributed by atoms with Gasteiger partial charge in [-0.05, 0) is 32.6 Å². The van der Waals surface area contributed by atoms with Gasteiger partial charge >= 0.3 is 0 Å². The summed E-state index contributed by atoms with van der Waals surface area (Å²) < 4.78 is 5.43. The van der Waals surface area contributed by atoms with E-state index in [0.717, 1.165) is 18.9 Å². The summed E-state index contributed by atoms with van der Waals surface area (Å²) >= 11 is 0. The minimum absolute atomic E-state index is 0.230. The van der Waals surface area contributed by atoms with E-state index >= 15 is 0 Å². The van der Waals surface area contributed by atoms with Crippen molar-refractivity contribution < 1.29 is 4.74 Å². The average molecular weight is 171 g/mol. The molecule has 1 saturated carbocycles. The van der Waals surface area contributed by atoms with Gasteiger partial charge in [-0.25, -0.2) is 0 Å². The summed E-state index contributed by atoms with van der Waals surface area (Å²) in [6.45, 7) is 4.86. The summed E-state index contributed by atoms with van der Waals surface area (Å²) in [7, 11) is 0. The van der Waals surface area contributed by atoms with Crippen molar-refractivity contribution in [3.05, 3.63) is 0 Å². The van der Waals surface area contributed by atoms with E-state index in [1.54, 1.807) is 0 Å². The highest BCUT2D eigenvalue weighted by atomic mass is 16.5. The first kappa shape index (κ1) is 10.0. The minimum Gasteiger partial charge on any atom is -0.377 e. The monoisotopic (exact) mass is 171 g/mol. The zero-order valence-electron chi connectivity index (χ0n) is 8.25. The minimum atomic E-state index is 0.230. The first-order chi connectivity index (χ1) is 5.74. The lowest BCUT2D eigenvalue weighted by molar-refractivity contribution is 0.0548. The van der Waals surface area contributed by atoms with Gasteiger partial charge in [0.1, 0.15) is 0 Å². The van der Waals surface area contributed by atoms with Crippen LogP contribution < -0.4 is 5.73 Å². The number of hydrogen-bond acceptors (Lipinski definition) is 2. The summed E-state index contributed by atoms with van der Waals surface area (Å²) in [6.07, 6.45) is 5.52. The molecule has 72 valence electrons. The van der Waals surface area contributed by atoms with Gasteiger partial charge in [0.15, 0.2) is 0 Å². The van der Waals surface area contributed by atoms with E-state index in [4.69, 9.17) is 10.5 Å². The molecule has 1 aliphatic carbocycles. The van der Waals surface area contributed by atoms with Crippen LogP contribution in [0.5, 0.6) is 0 Å². The van der Waals surface area contributed by atoms with E-state index in [1.165, 1.54) is 19.3 Å². The van der Waals surface area contributed by atoms with Crippen LogP contribution in [0, 0.1) is 5.92 Å². The SMILES string of the molecule is CCOC(C)C(N)CCC1CC1. The van der Waals surface area contributed by atoms with Gasteiger partial charge < -0.3 is 10.5 Å². The van der Waals surface area contributed by atoms with Crippen molar-refractivity contribution in [3.63, 3.8) is 0 Å². The first-order valence-corrected chi connectivity index (χ1v) is 5.11. The Hall–Kier alpha value is -0.0800. The molecule has 0 aromatic heterocycles. The topological polar surface area (TPSA) is 35.2 Å². The van der Waals surface area contributed by atoms with E-state index in [0.29, 0.717) is 0 Å². The van der Waals surface area contributed by atoms with Crippen molar-refractivity contribution in [1.82, 2.24) is 0 Å². The zero-order valence-corrected chi connectivity index (χ0v) is 8.25. The first-order valence-electron chi connectivity index (χ1n) is 5.11.